The summed E-state index contributed by atoms with van der Waals surface area (Å²) in [5, 5.41) is 0. The molecule has 0 aliphatic rings. The Bertz CT molecular complexity index is 725. The lowest BCUT2D eigenvalue weighted by Gasteiger charge is -2.21. The summed E-state index contributed by atoms with van der Waals surface area (Å²) in [6.45, 7) is 0.654. The summed E-state index contributed by atoms with van der Waals surface area (Å²) >= 11 is 0. The molecule has 0 heterocycles. The van der Waals surface area contributed by atoms with E-state index >= 15 is 0 Å². The maximum Gasteiger partial charge on any atom is 0.152 e. The number of hydrogen-bond donors (Lipinski definition) is 2. The zero-order chi connectivity index (χ0) is 20.6. The highest BCUT2D eigenvalue weighted by Gasteiger charge is 2.19. The molecule has 0 fully saturated rings. The molecule has 27 heavy (non-hydrogen) atoms. The third-order valence-corrected chi connectivity index (χ3v) is 3.85. The van der Waals surface area contributed by atoms with E-state index in [-0.39, 0.29) is 0 Å². The van der Waals surface area contributed by atoms with Gasteiger partial charge in [-0.05, 0) is 31.8 Å². The van der Waals surface area contributed by atoms with Gasteiger partial charge in [0.2, 0.25) is 0 Å². The molecular weight excluding hydrogens is 344 g/mol. The van der Waals surface area contributed by atoms with Crippen molar-refractivity contribution in [2.45, 2.75) is 6.54 Å². The fraction of sp³-hybridized carbons (Fsp3) is 0.350. The Labute approximate surface area is 161 Å². The van der Waals surface area contributed by atoms with Crippen molar-refractivity contribution >= 4 is 11.9 Å². The minimum absolute atomic E-state index is 0.293. The molecule has 0 aliphatic heterocycles. The van der Waals surface area contributed by atoms with Crippen LogP contribution >= 0.6 is 0 Å². The zero-order valence-corrected chi connectivity index (χ0v) is 16.9. The van der Waals surface area contributed by atoms with Gasteiger partial charge >= 0.3 is 0 Å². The van der Waals surface area contributed by atoms with Crippen molar-refractivity contribution < 1.29 is 14.3 Å². The van der Waals surface area contributed by atoms with Gasteiger partial charge in [-0.2, -0.15) is 0 Å². The number of ether oxygens (including phenoxy) is 2. The molecule has 0 atom stereocenters. The van der Waals surface area contributed by atoms with Gasteiger partial charge in [0.15, 0.2) is 6.29 Å². The van der Waals surface area contributed by atoms with E-state index in [0.29, 0.717) is 35.5 Å². The summed E-state index contributed by atoms with van der Waals surface area (Å²) in [5.74, 6) is 1.37. The number of rotatable bonds is 9. The Kier molecular flexibility index (Phi) is 8.41. The van der Waals surface area contributed by atoms with Gasteiger partial charge < -0.3 is 30.7 Å². The lowest BCUT2D eigenvalue weighted by Crippen LogP contribution is -2.13. The van der Waals surface area contributed by atoms with Crippen molar-refractivity contribution in [2.75, 3.05) is 42.4 Å². The number of allylic oxidation sites excluding steroid dienone is 3. The SMILES string of the molecule is COc1cc(C(=C/N(C)C)/C(=C/N)C(/C=O)=C\N)cc(OC)c1CN(C)C. The van der Waals surface area contributed by atoms with Gasteiger partial charge in [-0.25, -0.2) is 0 Å². The van der Waals surface area contributed by atoms with E-state index in [1.807, 2.05) is 56.3 Å². The molecule has 0 saturated heterocycles. The van der Waals surface area contributed by atoms with E-state index in [9.17, 15) is 4.79 Å². The van der Waals surface area contributed by atoms with Gasteiger partial charge in [0.1, 0.15) is 11.5 Å². The summed E-state index contributed by atoms with van der Waals surface area (Å²) in [5.41, 5.74) is 14.7. The van der Waals surface area contributed by atoms with Gasteiger partial charge in [-0.15, -0.1) is 0 Å². The first-order valence-corrected chi connectivity index (χ1v) is 8.40. The van der Waals surface area contributed by atoms with E-state index < -0.39 is 0 Å². The van der Waals surface area contributed by atoms with Crippen LogP contribution in [-0.4, -0.2) is 58.5 Å². The number of nitrogens with zero attached hydrogens (tertiary/aromatic N) is 2. The van der Waals surface area contributed by atoms with Crippen molar-refractivity contribution in [3.63, 3.8) is 0 Å². The van der Waals surface area contributed by atoms with E-state index in [1.165, 1.54) is 12.4 Å². The van der Waals surface area contributed by atoms with Crippen LogP contribution < -0.4 is 20.9 Å². The number of aldehydes is 1. The third kappa shape index (κ3) is 5.52. The first-order chi connectivity index (χ1) is 12.8. The predicted octanol–water partition coefficient (Wildman–Crippen LogP) is 1.55. The second kappa shape index (κ2) is 10.3. The van der Waals surface area contributed by atoms with Crippen molar-refractivity contribution in [3.8, 4) is 11.5 Å². The lowest BCUT2D eigenvalue weighted by molar-refractivity contribution is -0.104. The Hall–Kier alpha value is -2.93. The molecule has 148 valence electrons. The van der Waals surface area contributed by atoms with Crippen molar-refractivity contribution in [2.24, 2.45) is 11.5 Å². The second-order valence-corrected chi connectivity index (χ2v) is 6.42. The molecular formula is C20H30N4O3. The standard InChI is InChI=1S/C20H30N4O3/c1-23(2)11-17(16(10-22)15(9-21)13-25)14-7-19(26-5)18(12-24(3)4)20(8-14)27-6/h7-11,13H,12,21-22H2,1-6H3/b15-9-,16-10+,17-11-. The Morgan fingerprint density at radius 2 is 1.59 bits per heavy atom. The van der Waals surface area contributed by atoms with Gasteiger partial charge in [0, 0.05) is 56.0 Å². The second-order valence-electron chi connectivity index (χ2n) is 6.42. The molecule has 1 rings (SSSR count). The fourth-order valence-corrected chi connectivity index (χ4v) is 2.70. The average molecular weight is 374 g/mol. The molecule has 0 aliphatic carbocycles. The zero-order valence-electron chi connectivity index (χ0n) is 16.9. The molecule has 0 spiro atoms. The molecule has 7 heteroatoms. The van der Waals surface area contributed by atoms with E-state index in [2.05, 4.69) is 0 Å². The number of benzene rings is 1. The van der Waals surface area contributed by atoms with Gasteiger partial charge in [0.25, 0.3) is 0 Å². The smallest absolute Gasteiger partial charge is 0.152 e. The number of hydrogen-bond acceptors (Lipinski definition) is 7. The van der Waals surface area contributed by atoms with E-state index in [4.69, 9.17) is 20.9 Å². The quantitative estimate of drug-likeness (QED) is 0.385. The molecule has 0 bridgehead atoms. The third-order valence-electron chi connectivity index (χ3n) is 3.85. The summed E-state index contributed by atoms with van der Waals surface area (Å²) in [4.78, 5) is 15.3. The number of nitrogens with two attached hydrogens (primary N) is 2. The average Bonchev–Trinajstić information content (AvgIpc) is 2.63. The summed E-state index contributed by atoms with van der Waals surface area (Å²) in [7, 11) is 10.9. The first kappa shape index (κ1) is 22.1. The van der Waals surface area contributed by atoms with E-state index in [1.54, 1.807) is 14.2 Å². The van der Waals surface area contributed by atoms with Gasteiger partial charge in [-0.1, -0.05) is 0 Å². The maximum absolute atomic E-state index is 11.4. The molecule has 0 unspecified atom stereocenters. The minimum atomic E-state index is 0.293. The minimum Gasteiger partial charge on any atom is -0.496 e. The van der Waals surface area contributed by atoms with Crippen LogP contribution in [0.3, 0.4) is 0 Å². The van der Waals surface area contributed by atoms with Crippen LogP contribution in [0.5, 0.6) is 11.5 Å². The first-order valence-electron chi connectivity index (χ1n) is 8.40. The van der Waals surface area contributed by atoms with Crippen molar-refractivity contribution in [3.05, 3.63) is 53.0 Å². The number of carbonyl (C=O) groups excluding carboxylic acids is 1. The van der Waals surface area contributed by atoms with Crippen LogP contribution in [0, 0.1) is 0 Å². The highest BCUT2D eigenvalue weighted by molar-refractivity contribution is 5.94. The highest BCUT2D eigenvalue weighted by Crippen LogP contribution is 2.37. The lowest BCUT2D eigenvalue weighted by atomic mass is 9.92. The molecule has 1 aromatic rings. The Balaban J connectivity index is 3.72. The highest BCUT2D eigenvalue weighted by atomic mass is 16.5. The summed E-state index contributed by atoms with van der Waals surface area (Å²) < 4.78 is 11.2. The van der Waals surface area contributed by atoms with Crippen LogP contribution in [0.1, 0.15) is 11.1 Å². The Morgan fingerprint density at radius 3 is 1.93 bits per heavy atom. The molecule has 1 aromatic carbocycles. The number of carbonyl (C=O) groups is 1. The Morgan fingerprint density at radius 1 is 1.04 bits per heavy atom. The topological polar surface area (TPSA) is 94.0 Å². The predicted molar refractivity (Wildman–Crippen MR) is 109 cm³/mol. The van der Waals surface area contributed by atoms with Crippen molar-refractivity contribution in [1.29, 1.82) is 0 Å². The largest absolute Gasteiger partial charge is 0.496 e. The normalized spacial score (nSPS) is 12.9. The molecule has 0 radical (unpaired) electrons. The monoisotopic (exact) mass is 374 g/mol. The fourth-order valence-electron chi connectivity index (χ4n) is 2.70. The van der Waals surface area contributed by atoms with Gasteiger partial charge in [-0.3, -0.25) is 4.79 Å². The van der Waals surface area contributed by atoms with Crippen LogP contribution in [0.25, 0.3) is 5.57 Å². The molecule has 0 aromatic heterocycles. The van der Waals surface area contributed by atoms with Gasteiger partial charge in [0.05, 0.1) is 19.8 Å². The molecule has 4 N–H and O–H groups in total. The molecule has 7 nitrogen and oxygen atoms in total. The van der Waals surface area contributed by atoms with Crippen molar-refractivity contribution in [1.82, 2.24) is 9.80 Å². The van der Waals surface area contributed by atoms with Crippen LogP contribution in [0.4, 0.5) is 0 Å². The number of methoxy groups -OCH3 is 2. The molecule has 0 saturated carbocycles. The van der Waals surface area contributed by atoms with Crippen LogP contribution in [-0.2, 0) is 11.3 Å². The van der Waals surface area contributed by atoms with Crippen LogP contribution in [0.15, 0.2) is 41.9 Å². The summed E-state index contributed by atoms with van der Waals surface area (Å²) in [6, 6.07) is 3.80. The maximum atomic E-state index is 11.4. The van der Waals surface area contributed by atoms with E-state index in [0.717, 1.165) is 16.7 Å². The summed E-state index contributed by atoms with van der Waals surface area (Å²) in [6.07, 6.45) is 5.15. The van der Waals surface area contributed by atoms with Crippen LogP contribution in [0.2, 0.25) is 0 Å². The molecule has 0 amide bonds.